The third-order valence-electron chi connectivity index (χ3n) is 6.20. The average molecular weight is 500 g/mol. The fourth-order valence-electron chi connectivity index (χ4n) is 3.85. The van der Waals surface area contributed by atoms with E-state index in [0.717, 1.165) is 0 Å². The van der Waals surface area contributed by atoms with Crippen molar-refractivity contribution in [3.63, 3.8) is 0 Å². The number of aliphatic hydroxyl groups is 1. The molecule has 0 spiro atoms. The molecule has 12 heteroatoms. The molecule has 0 unspecified atom stereocenters. The first-order valence-corrected chi connectivity index (χ1v) is 12.1. The zero-order valence-electron chi connectivity index (χ0n) is 21.2. The van der Waals surface area contributed by atoms with Gasteiger partial charge in [-0.25, -0.2) is 4.79 Å². The molecule has 1 heterocycles. The van der Waals surface area contributed by atoms with Crippen molar-refractivity contribution in [3.8, 4) is 0 Å². The first-order chi connectivity index (χ1) is 16.3. The van der Waals surface area contributed by atoms with Crippen molar-refractivity contribution < 1.29 is 34.2 Å². The van der Waals surface area contributed by atoms with Crippen LogP contribution in [0.3, 0.4) is 0 Å². The number of hydrogen-bond donors (Lipinski definition) is 6. The van der Waals surface area contributed by atoms with Gasteiger partial charge in [-0.1, -0.05) is 34.1 Å². The van der Waals surface area contributed by atoms with E-state index in [9.17, 15) is 34.2 Å². The largest absolute Gasteiger partial charge is 0.480 e. The number of aliphatic carboxylic acids is 1. The second-order valence-corrected chi connectivity index (χ2v) is 9.63. The predicted molar refractivity (Wildman–Crippen MR) is 128 cm³/mol. The predicted octanol–water partition coefficient (Wildman–Crippen LogP) is -1.05. The number of carbonyl (C=O) groups excluding carboxylic acids is 4. The third-order valence-corrected chi connectivity index (χ3v) is 6.20. The number of nitrogens with two attached hydrogens (primary N) is 1. The van der Waals surface area contributed by atoms with Crippen LogP contribution in [0.1, 0.15) is 60.3 Å². The second kappa shape index (κ2) is 14.0. The van der Waals surface area contributed by atoms with Crippen molar-refractivity contribution in [2.75, 3.05) is 13.1 Å². The van der Waals surface area contributed by atoms with Gasteiger partial charge in [-0.05, 0) is 38.0 Å². The zero-order chi connectivity index (χ0) is 26.9. The Morgan fingerprint density at radius 3 is 2.20 bits per heavy atom. The van der Waals surface area contributed by atoms with Crippen LogP contribution in [0.4, 0.5) is 0 Å². The standard InChI is InChI=1S/C23H41N5O7/c1-6-13(4)19(22(33)28-9-7-8-16(28)23(34)35)27-17(30)11-25-20(31)15(10-12(2)3)26-21(32)18(24)14(5)29/h12-16,18-19,29H,6-11,24H2,1-5H3,(H,25,31)(H,26,32)(H,27,30)(H,34,35)/t13-,14+,15-,16-,18-,19-/m0/s1. The summed E-state index contributed by atoms with van der Waals surface area (Å²) in [7, 11) is 0. The molecule has 0 saturated carbocycles. The van der Waals surface area contributed by atoms with Gasteiger partial charge in [-0.2, -0.15) is 0 Å². The van der Waals surface area contributed by atoms with E-state index in [1.807, 2.05) is 20.8 Å². The number of hydrogen-bond acceptors (Lipinski definition) is 7. The van der Waals surface area contributed by atoms with Gasteiger partial charge in [0.05, 0.1) is 12.6 Å². The normalized spacial score (nSPS) is 19.9. The highest BCUT2D eigenvalue weighted by molar-refractivity contribution is 5.94. The summed E-state index contributed by atoms with van der Waals surface area (Å²) >= 11 is 0. The maximum absolute atomic E-state index is 13.1. The monoisotopic (exact) mass is 499 g/mol. The van der Waals surface area contributed by atoms with E-state index < -0.39 is 66.4 Å². The number of amides is 4. The smallest absolute Gasteiger partial charge is 0.326 e. The number of nitrogens with one attached hydrogen (secondary N) is 3. The molecule has 1 rings (SSSR count). The van der Waals surface area contributed by atoms with Crippen LogP contribution < -0.4 is 21.7 Å². The Morgan fingerprint density at radius 1 is 1.06 bits per heavy atom. The summed E-state index contributed by atoms with van der Waals surface area (Å²) in [6, 6.07) is -4.02. The summed E-state index contributed by atoms with van der Waals surface area (Å²) in [4.78, 5) is 63.4. The van der Waals surface area contributed by atoms with Crippen LogP contribution in [0.5, 0.6) is 0 Å². The summed E-state index contributed by atoms with van der Waals surface area (Å²) in [6.07, 6.45) is 0.683. The molecule has 1 aliphatic rings. The Morgan fingerprint density at radius 2 is 1.69 bits per heavy atom. The highest BCUT2D eigenvalue weighted by Crippen LogP contribution is 2.21. The van der Waals surface area contributed by atoms with Crippen LogP contribution >= 0.6 is 0 Å². The van der Waals surface area contributed by atoms with E-state index in [0.29, 0.717) is 25.8 Å². The molecule has 0 aromatic heterocycles. The number of carbonyl (C=O) groups is 5. The minimum absolute atomic E-state index is 0.0395. The fraction of sp³-hybridized carbons (Fsp3) is 0.783. The van der Waals surface area contributed by atoms with Gasteiger partial charge in [0.25, 0.3) is 0 Å². The van der Waals surface area contributed by atoms with Crippen LogP contribution in [-0.2, 0) is 24.0 Å². The van der Waals surface area contributed by atoms with Crippen molar-refractivity contribution in [1.82, 2.24) is 20.9 Å². The molecule has 0 bridgehead atoms. The van der Waals surface area contributed by atoms with Gasteiger partial charge < -0.3 is 36.8 Å². The van der Waals surface area contributed by atoms with E-state index in [-0.39, 0.29) is 18.3 Å². The van der Waals surface area contributed by atoms with E-state index in [2.05, 4.69) is 16.0 Å². The Kier molecular flexibility index (Phi) is 12.1. The SMILES string of the molecule is CC[C@H](C)[C@H](NC(=O)CNC(=O)[C@H](CC(C)C)NC(=O)[C@@H](N)[C@@H](C)O)C(=O)N1CCC[C@H]1C(=O)O. The lowest BCUT2D eigenvalue weighted by Crippen LogP contribution is -2.57. The zero-order valence-corrected chi connectivity index (χ0v) is 21.2. The molecule has 4 amide bonds. The van der Waals surface area contributed by atoms with E-state index >= 15 is 0 Å². The average Bonchev–Trinajstić information content (AvgIpc) is 3.29. The molecule has 0 aromatic rings. The van der Waals surface area contributed by atoms with Crippen LogP contribution in [0.25, 0.3) is 0 Å². The molecule has 1 saturated heterocycles. The number of carboxylic acids is 1. The van der Waals surface area contributed by atoms with Crippen molar-refractivity contribution in [2.24, 2.45) is 17.6 Å². The van der Waals surface area contributed by atoms with E-state index in [1.54, 1.807) is 6.92 Å². The Bertz CT molecular complexity index is 773. The summed E-state index contributed by atoms with van der Waals surface area (Å²) in [5, 5.41) is 26.5. The number of likely N-dealkylation sites (tertiary alicyclic amines) is 1. The van der Waals surface area contributed by atoms with E-state index in [1.165, 1.54) is 11.8 Å². The topological polar surface area (TPSA) is 191 Å². The quantitative estimate of drug-likeness (QED) is 0.185. The summed E-state index contributed by atoms with van der Waals surface area (Å²) < 4.78 is 0. The fourth-order valence-corrected chi connectivity index (χ4v) is 3.85. The first kappa shape index (κ1) is 30.3. The molecule has 7 N–H and O–H groups in total. The van der Waals surface area contributed by atoms with Crippen molar-refractivity contribution in [1.29, 1.82) is 0 Å². The molecular formula is C23H41N5O7. The van der Waals surface area contributed by atoms with Gasteiger partial charge in [0.2, 0.25) is 23.6 Å². The minimum Gasteiger partial charge on any atom is -0.480 e. The molecular weight excluding hydrogens is 458 g/mol. The van der Waals surface area contributed by atoms with Crippen LogP contribution in [-0.4, -0.2) is 88.1 Å². The van der Waals surface area contributed by atoms with Crippen molar-refractivity contribution in [3.05, 3.63) is 0 Å². The highest BCUT2D eigenvalue weighted by atomic mass is 16.4. The molecule has 1 fully saturated rings. The van der Waals surface area contributed by atoms with E-state index in [4.69, 9.17) is 5.73 Å². The number of aliphatic hydroxyl groups excluding tert-OH is 1. The summed E-state index contributed by atoms with van der Waals surface area (Å²) in [5.41, 5.74) is 5.64. The van der Waals surface area contributed by atoms with Gasteiger partial charge in [-0.3, -0.25) is 19.2 Å². The summed E-state index contributed by atoms with van der Waals surface area (Å²) in [5.74, 6) is -3.65. The minimum atomic E-state index is -1.21. The third kappa shape index (κ3) is 9.10. The number of carboxylic acid groups (broad SMARTS) is 1. The van der Waals surface area contributed by atoms with Gasteiger partial charge in [0, 0.05) is 6.54 Å². The lowest BCUT2D eigenvalue weighted by atomic mass is 9.97. The Labute approximate surface area is 206 Å². The lowest BCUT2D eigenvalue weighted by Gasteiger charge is -2.30. The van der Waals surface area contributed by atoms with Gasteiger partial charge in [-0.15, -0.1) is 0 Å². The molecule has 12 nitrogen and oxygen atoms in total. The molecule has 6 atom stereocenters. The highest BCUT2D eigenvalue weighted by Gasteiger charge is 2.39. The molecule has 0 aliphatic carbocycles. The molecule has 200 valence electrons. The molecule has 35 heavy (non-hydrogen) atoms. The second-order valence-electron chi connectivity index (χ2n) is 9.63. The maximum Gasteiger partial charge on any atom is 0.326 e. The Balaban J connectivity index is 2.82. The molecule has 0 radical (unpaired) electrons. The van der Waals surface area contributed by atoms with Gasteiger partial charge >= 0.3 is 5.97 Å². The molecule has 1 aliphatic heterocycles. The van der Waals surface area contributed by atoms with Crippen LogP contribution in [0.15, 0.2) is 0 Å². The lowest BCUT2D eigenvalue weighted by molar-refractivity contribution is -0.150. The van der Waals surface area contributed by atoms with Gasteiger partial charge in [0.1, 0.15) is 24.2 Å². The molecule has 0 aromatic carbocycles. The first-order valence-electron chi connectivity index (χ1n) is 12.1. The van der Waals surface area contributed by atoms with Crippen molar-refractivity contribution in [2.45, 2.75) is 90.6 Å². The van der Waals surface area contributed by atoms with Crippen molar-refractivity contribution >= 4 is 29.6 Å². The Hall–Kier alpha value is -2.73. The number of nitrogens with zero attached hydrogens (tertiary/aromatic N) is 1. The van der Waals surface area contributed by atoms with Gasteiger partial charge in [0.15, 0.2) is 0 Å². The summed E-state index contributed by atoms with van der Waals surface area (Å²) in [6.45, 7) is 8.59. The van der Waals surface area contributed by atoms with Crippen LogP contribution in [0.2, 0.25) is 0 Å². The maximum atomic E-state index is 13.1. The number of rotatable bonds is 13. The van der Waals surface area contributed by atoms with Crippen LogP contribution in [0, 0.1) is 11.8 Å².